The number of fused-ring (bicyclic) bond motifs is 3. The zero-order valence-electron chi connectivity index (χ0n) is 10.5. The second-order valence-corrected chi connectivity index (χ2v) is 4.94. The molecule has 0 saturated heterocycles. The number of carboxylic acid groups (broad SMARTS) is 1. The number of carbonyl (C=O) groups is 1. The Hall–Kier alpha value is -2.23. The fourth-order valence-corrected chi connectivity index (χ4v) is 2.91. The van der Waals surface area contributed by atoms with Crippen LogP contribution in [0.3, 0.4) is 0 Å². The van der Waals surface area contributed by atoms with Crippen LogP contribution in [0.15, 0.2) is 48.5 Å². The van der Waals surface area contributed by atoms with E-state index in [1.807, 2.05) is 0 Å². The van der Waals surface area contributed by atoms with Crippen molar-refractivity contribution in [1.29, 1.82) is 0 Å². The van der Waals surface area contributed by atoms with Gasteiger partial charge in [0.25, 0.3) is 5.92 Å². The van der Waals surface area contributed by atoms with Crippen molar-refractivity contribution in [2.45, 2.75) is 18.3 Å². The normalized spacial score (nSPS) is 13.9. The molecule has 1 aliphatic rings. The molecule has 0 aliphatic heterocycles. The van der Waals surface area contributed by atoms with Crippen LogP contribution in [0.4, 0.5) is 8.78 Å². The van der Waals surface area contributed by atoms with Gasteiger partial charge in [-0.15, -0.1) is 0 Å². The average molecular weight is 274 g/mol. The van der Waals surface area contributed by atoms with Crippen molar-refractivity contribution in [2.75, 3.05) is 0 Å². The third-order valence-corrected chi connectivity index (χ3v) is 3.64. The van der Waals surface area contributed by atoms with Crippen LogP contribution < -0.4 is 0 Å². The van der Waals surface area contributed by atoms with Gasteiger partial charge in [-0.2, -0.15) is 0 Å². The van der Waals surface area contributed by atoms with Crippen molar-refractivity contribution < 1.29 is 18.7 Å². The molecule has 0 bridgehead atoms. The summed E-state index contributed by atoms with van der Waals surface area (Å²) in [6.45, 7) is 0. The van der Waals surface area contributed by atoms with Crippen LogP contribution in [-0.4, -0.2) is 17.0 Å². The maximum Gasteiger partial charge on any atom is 0.309 e. The van der Waals surface area contributed by atoms with Crippen molar-refractivity contribution >= 4 is 5.97 Å². The lowest BCUT2D eigenvalue weighted by atomic mass is 9.88. The highest BCUT2D eigenvalue weighted by Crippen LogP contribution is 2.52. The van der Waals surface area contributed by atoms with Crippen molar-refractivity contribution in [2.24, 2.45) is 0 Å². The predicted molar refractivity (Wildman–Crippen MR) is 70.9 cm³/mol. The molecule has 0 radical (unpaired) electrons. The Morgan fingerprint density at radius 3 is 1.90 bits per heavy atom. The lowest BCUT2D eigenvalue weighted by Crippen LogP contribution is -2.29. The molecule has 2 nitrogen and oxygen atoms in total. The summed E-state index contributed by atoms with van der Waals surface area (Å²) in [6.07, 6.45) is -1.17. The molecule has 0 spiro atoms. The Kier molecular flexibility index (Phi) is 2.82. The zero-order chi connectivity index (χ0) is 14.3. The predicted octanol–water partition coefficient (Wildman–Crippen LogP) is 3.91. The summed E-state index contributed by atoms with van der Waals surface area (Å²) in [4.78, 5) is 10.7. The molecular weight excluding hydrogens is 262 g/mol. The van der Waals surface area contributed by atoms with Crippen molar-refractivity contribution in [3.63, 3.8) is 0 Å². The molecule has 0 saturated carbocycles. The highest BCUT2D eigenvalue weighted by molar-refractivity contribution is 5.80. The Balaban J connectivity index is 2.19. The molecule has 1 aliphatic carbocycles. The first-order chi connectivity index (χ1) is 9.50. The van der Waals surface area contributed by atoms with E-state index in [4.69, 9.17) is 5.11 Å². The minimum absolute atomic E-state index is 0.500. The van der Waals surface area contributed by atoms with E-state index in [0.29, 0.717) is 11.1 Å². The summed E-state index contributed by atoms with van der Waals surface area (Å²) in [5, 5.41) is 8.73. The minimum atomic E-state index is -3.31. The average Bonchev–Trinajstić information content (AvgIpc) is 2.72. The lowest BCUT2D eigenvalue weighted by Gasteiger charge is -2.23. The number of rotatable bonds is 3. The Morgan fingerprint density at radius 2 is 1.45 bits per heavy atom. The smallest absolute Gasteiger partial charge is 0.309 e. The van der Waals surface area contributed by atoms with E-state index in [0.717, 1.165) is 11.1 Å². The maximum atomic E-state index is 14.4. The monoisotopic (exact) mass is 274 g/mol. The van der Waals surface area contributed by atoms with E-state index in [1.54, 1.807) is 48.5 Å². The number of aliphatic carboxylic acids is 1. The fraction of sp³-hybridized carbons (Fsp3) is 0.188. The van der Waals surface area contributed by atoms with Crippen LogP contribution in [0.2, 0.25) is 0 Å². The van der Waals surface area contributed by atoms with E-state index >= 15 is 0 Å². The first-order valence-electron chi connectivity index (χ1n) is 6.28. The van der Waals surface area contributed by atoms with E-state index in [2.05, 4.69) is 0 Å². The van der Waals surface area contributed by atoms with Gasteiger partial charge in [0.1, 0.15) is 6.42 Å². The maximum absolute atomic E-state index is 14.4. The van der Waals surface area contributed by atoms with Crippen molar-refractivity contribution in [3.05, 3.63) is 59.7 Å². The van der Waals surface area contributed by atoms with Gasteiger partial charge in [-0.1, -0.05) is 48.5 Å². The van der Waals surface area contributed by atoms with Crippen LogP contribution in [-0.2, 0) is 4.79 Å². The fourth-order valence-electron chi connectivity index (χ4n) is 2.91. The summed E-state index contributed by atoms with van der Waals surface area (Å²) in [7, 11) is 0. The number of alkyl halides is 2. The molecular formula is C16H12F2O2. The van der Waals surface area contributed by atoms with Crippen molar-refractivity contribution in [1.82, 2.24) is 0 Å². The van der Waals surface area contributed by atoms with Gasteiger partial charge >= 0.3 is 5.97 Å². The van der Waals surface area contributed by atoms with Gasteiger partial charge in [-0.25, -0.2) is 8.78 Å². The van der Waals surface area contributed by atoms with Crippen LogP contribution in [0, 0.1) is 0 Å². The first-order valence-corrected chi connectivity index (χ1v) is 6.28. The third kappa shape index (κ3) is 1.88. The lowest BCUT2D eigenvalue weighted by molar-refractivity contribution is -0.145. The summed E-state index contributed by atoms with van der Waals surface area (Å²) < 4.78 is 28.7. The van der Waals surface area contributed by atoms with Gasteiger partial charge in [0.05, 0.1) is 5.92 Å². The van der Waals surface area contributed by atoms with Crippen LogP contribution >= 0.6 is 0 Å². The first kappa shape index (κ1) is 12.8. The number of carboxylic acids is 1. The van der Waals surface area contributed by atoms with Gasteiger partial charge in [0.2, 0.25) is 0 Å². The topological polar surface area (TPSA) is 37.3 Å². The van der Waals surface area contributed by atoms with E-state index in [-0.39, 0.29) is 0 Å². The molecule has 20 heavy (non-hydrogen) atoms. The molecule has 2 aromatic carbocycles. The van der Waals surface area contributed by atoms with Gasteiger partial charge < -0.3 is 5.11 Å². The molecule has 102 valence electrons. The highest BCUT2D eigenvalue weighted by atomic mass is 19.3. The van der Waals surface area contributed by atoms with Gasteiger partial charge in [-0.05, 0) is 22.3 Å². The molecule has 2 aromatic rings. The molecule has 0 unspecified atom stereocenters. The number of halogens is 2. The molecule has 0 heterocycles. The Bertz CT molecular complexity index is 634. The van der Waals surface area contributed by atoms with E-state index in [9.17, 15) is 13.6 Å². The van der Waals surface area contributed by atoms with Gasteiger partial charge in [-0.3, -0.25) is 4.79 Å². The molecule has 0 aromatic heterocycles. The third-order valence-electron chi connectivity index (χ3n) is 3.64. The van der Waals surface area contributed by atoms with Crippen LogP contribution in [0.25, 0.3) is 11.1 Å². The van der Waals surface area contributed by atoms with E-state index < -0.39 is 24.2 Å². The number of hydrogen-bond acceptors (Lipinski definition) is 1. The largest absolute Gasteiger partial charge is 0.481 e. The SMILES string of the molecule is O=C(O)CC(F)(F)C1c2ccccc2-c2ccccc21. The summed E-state index contributed by atoms with van der Waals surface area (Å²) >= 11 is 0. The van der Waals surface area contributed by atoms with Gasteiger partial charge in [0.15, 0.2) is 0 Å². The molecule has 0 atom stereocenters. The zero-order valence-corrected chi connectivity index (χ0v) is 10.5. The summed E-state index contributed by atoms with van der Waals surface area (Å²) in [5.74, 6) is -5.99. The molecule has 1 N–H and O–H groups in total. The second kappa shape index (κ2) is 4.40. The Morgan fingerprint density at radius 1 is 1.00 bits per heavy atom. The van der Waals surface area contributed by atoms with Gasteiger partial charge in [0, 0.05) is 0 Å². The second-order valence-electron chi connectivity index (χ2n) is 4.94. The standard InChI is InChI=1S/C16H12F2O2/c17-16(18,9-14(19)20)15-12-7-3-1-5-10(12)11-6-2-4-8-13(11)15/h1-8,15H,9H2,(H,19,20). The van der Waals surface area contributed by atoms with Crippen molar-refractivity contribution in [3.8, 4) is 11.1 Å². The molecule has 0 fully saturated rings. The minimum Gasteiger partial charge on any atom is -0.481 e. The Labute approximate surface area is 114 Å². The summed E-state index contributed by atoms with van der Waals surface area (Å²) in [5.41, 5.74) is 2.52. The number of benzene rings is 2. The molecule has 3 rings (SSSR count). The van der Waals surface area contributed by atoms with E-state index in [1.165, 1.54) is 0 Å². The number of hydrogen-bond donors (Lipinski definition) is 1. The molecule has 4 heteroatoms. The quantitative estimate of drug-likeness (QED) is 0.921. The van der Waals surface area contributed by atoms with Crippen LogP contribution in [0.5, 0.6) is 0 Å². The molecule has 0 amide bonds. The van der Waals surface area contributed by atoms with Crippen LogP contribution in [0.1, 0.15) is 23.5 Å². The summed E-state index contributed by atoms with van der Waals surface area (Å²) in [6, 6.07) is 13.9. The highest BCUT2D eigenvalue weighted by Gasteiger charge is 2.47.